The molecule has 1 aromatic rings. The zero-order chi connectivity index (χ0) is 12.8. The van der Waals surface area contributed by atoms with Gasteiger partial charge in [0.25, 0.3) is 0 Å². The zero-order valence-corrected chi connectivity index (χ0v) is 10.4. The number of carbonyl (C=O) groups excluding carboxylic acids is 1. The second-order valence-electron chi connectivity index (χ2n) is 3.95. The number of hydrogen-bond donors (Lipinski definition) is 3. The maximum atomic E-state index is 11.6. The Morgan fingerprint density at radius 2 is 1.88 bits per heavy atom. The molecule has 94 valence electrons. The zero-order valence-electron chi connectivity index (χ0n) is 10.4. The summed E-state index contributed by atoms with van der Waals surface area (Å²) < 4.78 is 5.09. The van der Waals surface area contributed by atoms with Crippen LogP contribution in [0, 0.1) is 0 Å². The second-order valence-corrected chi connectivity index (χ2v) is 3.95. The summed E-state index contributed by atoms with van der Waals surface area (Å²) in [6, 6.07) is 7.01. The van der Waals surface area contributed by atoms with Crippen molar-refractivity contribution in [3.05, 3.63) is 35.4 Å². The second kappa shape index (κ2) is 6.34. The molecular formula is C12H19N3O2. The molecule has 0 fully saturated rings. The summed E-state index contributed by atoms with van der Waals surface area (Å²) in [4.78, 5) is 11.6. The van der Waals surface area contributed by atoms with Crippen molar-refractivity contribution in [1.29, 1.82) is 0 Å². The van der Waals surface area contributed by atoms with Gasteiger partial charge in [-0.15, -0.1) is 0 Å². The largest absolute Gasteiger partial charge is 0.459 e. The summed E-state index contributed by atoms with van der Waals surface area (Å²) in [6.07, 6.45) is -0.425. The van der Waals surface area contributed by atoms with Crippen molar-refractivity contribution in [3.63, 3.8) is 0 Å². The Kier molecular flexibility index (Phi) is 5.09. The highest BCUT2D eigenvalue weighted by Crippen LogP contribution is 2.10. The Labute approximate surface area is 101 Å². The van der Waals surface area contributed by atoms with Crippen molar-refractivity contribution >= 4 is 5.97 Å². The number of carbonyl (C=O) groups is 1. The molecule has 17 heavy (non-hydrogen) atoms. The Bertz CT molecular complexity index is 363. The molecule has 0 aliphatic carbocycles. The van der Waals surface area contributed by atoms with E-state index in [4.69, 9.17) is 10.5 Å². The van der Waals surface area contributed by atoms with Gasteiger partial charge in [-0.3, -0.25) is 5.43 Å². The van der Waals surface area contributed by atoms with E-state index in [9.17, 15) is 4.79 Å². The monoisotopic (exact) mass is 237 g/mol. The lowest BCUT2D eigenvalue weighted by molar-refractivity contribution is 0.0378. The van der Waals surface area contributed by atoms with E-state index in [1.54, 1.807) is 31.3 Å². The Morgan fingerprint density at radius 1 is 1.29 bits per heavy atom. The quantitative estimate of drug-likeness (QED) is 0.403. The van der Waals surface area contributed by atoms with Gasteiger partial charge in [0.2, 0.25) is 0 Å². The molecule has 0 heterocycles. The van der Waals surface area contributed by atoms with Gasteiger partial charge < -0.3 is 10.5 Å². The minimum atomic E-state index is -0.318. The van der Waals surface area contributed by atoms with E-state index in [-0.39, 0.29) is 18.2 Å². The standard InChI is InChI=1S/C12H19N3O2/c1-8(2)17-12(16)10-6-4-9(5-7-10)11(13)15-14-3/h4-8,11,14-15H,13H2,1-3H3. The van der Waals surface area contributed by atoms with Crippen molar-refractivity contribution < 1.29 is 9.53 Å². The van der Waals surface area contributed by atoms with E-state index in [2.05, 4.69) is 10.9 Å². The van der Waals surface area contributed by atoms with Crippen molar-refractivity contribution in [2.45, 2.75) is 26.1 Å². The predicted molar refractivity (Wildman–Crippen MR) is 66.1 cm³/mol. The fourth-order valence-electron chi connectivity index (χ4n) is 1.35. The molecule has 1 aromatic carbocycles. The SMILES string of the molecule is CNNC(N)c1ccc(C(=O)OC(C)C)cc1. The van der Waals surface area contributed by atoms with Gasteiger partial charge in [0.15, 0.2) is 0 Å². The fourth-order valence-corrected chi connectivity index (χ4v) is 1.35. The first-order valence-corrected chi connectivity index (χ1v) is 5.53. The molecule has 1 rings (SSSR count). The molecule has 4 N–H and O–H groups in total. The van der Waals surface area contributed by atoms with Crippen LogP contribution < -0.4 is 16.6 Å². The summed E-state index contributed by atoms with van der Waals surface area (Å²) in [5.41, 5.74) is 12.9. The van der Waals surface area contributed by atoms with Gasteiger partial charge in [-0.05, 0) is 38.6 Å². The van der Waals surface area contributed by atoms with Crippen molar-refractivity contribution in [3.8, 4) is 0 Å². The van der Waals surface area contributed by atoms with Crippen LogP contribution in [0.3, 0.4) is 0 Å². The van der Waals surface area contributed by atoms with Crippen LogP contribution in [0.15, 0.2) is 24.3 Å². The van der Waals surface area contributed by atoms with Crippen molar-refractivity contribution in [2.24, 2.45) is 5.73 Å². The van der Waals surface area contributed by atoms with E-state index >= 15 is 0 Å². The lowest BCUT2D eigenvalue weighted by Gasteiger charge is -2.13. The first-order valence-electron chi connectivity index (χ1n) is 5.53. The van der Waals surface area contributed by atoms with Crippen LogP contribution in [0.4, 0.5) is 0 Å². The maximum absolute atomic E-state index is 11.6. The molecule has 5 heteroatoms. The van der Waals surface area contributed by atoms with Crippen LogP contribution in [-0.4, -0.2) is 19.1 Å². The fraction of sp³-hybridized carbons (Fsp3) is 0.417. The molecule has 1 atom stereocenters. The van der Waals surface area contributed by atoms with Crippen LogP contribution in [0.25, 0.3) is 0 Å². The molecule has 0 radical (unpaired) electrons. The van der Waals surface area contributed by atoms with Crippen LogP contribution in [0.5, 0.6) is 0 Å². The van der Waals surface area contributed by atoms with Crippen LogP contribution in [0.2, 0.25) is 0 Å². The number of hydrazine groups is 1. The molecule has 0 saturated heterocycles. The molecule has 0 aliphatic heterocycles. The first-order chi connectivity index (χ1) is 8.04. The van der Waals surface area contributed by atoms with Gasteiger partial charge in [0.1, 0.15) is 0 Å². The van der Waals surface area contributed by atoms with Crippen molar-refractivity contribution in [2.75, 3.05) is 7.05 Å². The summed E-state index contributed by atoms with van der Waals surface area (Å²) in [7, 11) is 1.74. The average molecular weight is 237 g/mol. The maximum Gasteiger partial charge on any atom is 0.338 e. The normalized spacial score (nSPS) is 12.5. The molecule has 5 nitrogen and oxygen atoms in total. The number of hydrogen-bond acceptors (Lipinski definition) is 5. The summed E-state index contributed by atoms with van der Waals surface area (Å²) in [5.74, 6) is -0.318. The van der Waals surface area contributed by atoms with E-state index in [1.165, 1.54) is 0 Å². The molecule has 1 unspecified atom stereocenters. The van der Waals surface area contributed by atoms with E-state index < -0.39 is 0 Å². The third-order valence-corrected chi connectivity index (χ3v) is 2.15. The number of nitrogens with one attached hydrogen (secondary N) is 2. The predicted octanol–water partition coefficient (Wildman–Crippen LogP) is 0.933. The number of nitrogens with two attached hydrogens (primary N) is 1. The van der Waals surface area contributed by atoms with Gasteiger partial charge in [-0.2, -0.15) is 0 Å². The molecule has 0 amide bonds. The van der Waals surface area contributed by atoms with Crippen molar-refractivity contribution in [1.82, 2.24) is 10.9 Å². The highest BCUT2D eigenvalue weighted by atomic mass is 16.5. The number of esters is 1. The Morgan fingerprint density at radius 3 is 2.35 bits per heavy atom. The van der Waals surface area contributed by atoms with Gasteiger partial charge in [-0.25, -0.2) is 10.2 Å². The van der Waals surface area contributed by atoms with E-state index in [0.29, 0.717) is 5.56 Å². The lowest BCUT2D eigenvalue weighted by Crippen LogP contribution is -2.37. The first kappa shape index (κ1) is 13.6. The summed E-state index contributed by atoms with van der Waals surface area (Å²) >= 11 is 0. The molecule has 0 bridgehead atoms. The number of benzene rings is 1. The average Bonchev–Trinajstić information content (AvgIpc) is 2.28. The molecule has 0 aromatic heterocycles. The number of rotatable bonds is 5. The van der Waals surface area contributed by atoms with E-state index in [1.807, 2.05) is 13.8 Å². The molecule has 0 spiro atoms. The minimum absolute atomic E-state index is 0.115. The molecule has 0 aliphatic rings. The summed E-state index contributed by atoms with van der Waals surface area (Å²) in [5, 5.41) is 0. The molecule has 0 saturated carbocycles. The third kappa shape index (κ3) is 4.14. The van der Waals surface area contributed by atoms with Gasteiger partial charge in [-0.1, -0.05) is 12.1 Å². The van der Waals surface area contributed by atoms with Gasteiger partial charge >= 0.3 is 5.97 Å². The highest BCUT2D eigenvalue weighted by Gasteiger charge is 2.10. The lowest BCUT2D eigenvalue weighted by atomic mass is 10.1. The number of ether oxygens (including phenoxy) is 1. The smallest absolute Gasteiger partial charge is 0.338 e. The molecular weight excluding hydrogens is 218 g/mol. The van der Waals surface area contributed by atoms with Crippen LogP contribution in [-0.2, 0) is 4.74 Å². The van der Waals surface area contributed by atoms with Crippen LogP contribution in [0.1, 0.15) is 35.9 Å². The topological polar surface area (TPSA) is 76.4 Å². The van der Waals surface area contributed by atoms with Gasteiger partial charge in [0.05, 0.1) is 17.8 Å². The van der Waals surface area contributed by atoms with Crippen LogP contribution >= 0.6 is 0 Å². The minimum Gasteiger partial charge on any atom is -0.459 e. The van der Waals surface area contributed by atoms with Gasteiger partial charge in [0, 0.05) is 0 Å². The Hall–Kier alpha value is -1.43. The van der Waals surface area contributed by atoms with E-state index in [0.717, 1.165) is 5.56 Å². The Balaban J connectivity index is 2.70. The third-order valence-electron chi connectivity index (χ3n) is 2.15. The summed E-state index contributed by atoms with van der Waals surface area (Å²) in [6.45, 7) is 3.64. The highest BCUT2D eigenvalue weighted by molar-refractivity contribution is 5.89.